The van der Waals surface area contributed by atoms with Gasteiger partial charge in [-0.3, -0.25) is 4.90 Å². The van der Waals surface area contributed by atoms with E-state index in [1.165, 1.54) is 11.3 Å². The van der Waals surface area contributed by atoms with E-state index in [2.05, 4.69) is 44.5 Å². The predicted molar refractivity (Wildman–Crippen MR) is 128 cm³/mol. The van der Waals surface area contributed by atoms with E-state index in [1.54, 1.807) is 6.20 Å². The lowest BCUT2D eigenvalue weighted by atomic mass is 10.1. The van der Waals surface area contributed by atoms with Crippen LogP contribution in [0.1, 0.15) is 12.0 Å². The van der Waals surface area contributed by atoms with Crippen LogP contribution in [0.2, 0.25) is 0 Å². The van der Waals surface area contributed by atoms with Crippen LogP contribution in [0.3, 0.4) is 0 Å². The van der Waals surface area contributed by atoms with Gasteiger partial charge < -0.3 is 15.8 Å². The summed E-state index contributed by atoms with van der Waals surface area (Å²) in [6.07, 6.45) is 2.98. The van der Waals surface area contributed by atoms with Gasteiger partial charge >= 0.3 is 0 Å². The Morgan fingerprint density at radius 1 is 1.00 bits per heavy atom. The standard InChI is InChI=1S/C24H29N5OS/c25-18-19-2-6-21(7-3-19)27-24-26-11-10-23(28-24)20-4-8-22(9-5-20)31-17-1-12-29-13-15-30-16-14-29/h2-11H,1,12-18,25H2,(H,26,27,28). The Balaban J connectivity index is 1.30. The fourth-order valence-corrected chi connectivity index (χ4v) is 4.30. The number of nitrogens with one attached hydrogen (secondary N) is 1. The molecule has 1 saturated heterocycles. The summed E-state index contributed by atoms with van der Waals surface area (Å²) in [6.45, 7) is 5.56. The highest BCUT2D eigenvalue weighted by Crippen LogP contribution is 2.24. The number of benzene rings is 2. The molecule has 0 bridgehead atoms. The molecule has 0 amide bonds. The smallest absolute Gasteiger partial charge is 0.227 e. The van der Waals surface area contributed by atoms with Gasteiger partial charge in [-0.2, -0.15) is 0 Å². The SMILES string of the molecule is NCc1ccc(Nc2nccc(-c3ccc(SCCCN4CCOCC4)cc3)n2)cc1. The number of aromatic nitrogens is 2. The molecule has 31 heavy (non-hydrogen) atoms. The summed E-state index contributed by atoms with van der Waals surface area (Å²) in [5, 5.41) is 3.26. The number of ether oxygens (including phenoxy) is 1. The minimum Gasteiger partial charge on any atom is -0.379 e. The van der Waals surface area contributed by atoms with Crippen LogP contribution < -0.4 is 11.1 Å². The van der Waals surface area contributed by atoms with Gasteiger partial charge in [0.2, 0.25) is 5.95 Å². The van der Waals surface area contributed by atoms with E-state index in [1.807, 2.05) is 42.1 Å². The maximum Gasteiger partial charge on any atom is 0.227 e. The molecule has 1 fully saturated rings. The average Bonchev–Trinajstić information content (AvgIpc) is 2.84. The molecule has 6 nitrogen and oxygen atoms in total. The third-order valence-electron chi connectivity index (χ3n) is 5.24. The highest BCUT2D eigenvalue weighted by atomic mass is 32.2. The summed E-state index contributed by atoms with van der Waals surface area (Å²) < 4.78 is 5.40. The summed E-state index contributed by atoms with van der Waals surface area (Å²) in [5.74, 6) is 1.71. The third kappa shape index (κ3) is 6.51. The zero-order valence-corrected chi connectivity index (χ0v) is 18.5. The molecule has 2 aromatic carbocycles. The quantitative estimate of drug-likeness (QED) is 0.386. The summed E-state index contributed by atoms with van der Waals surface area (Å²) in [5.41, 5.74) is 9.69. The lowest BCUT2D eigenvalue weighted by Gasteiger charge is -2.26. The van der Waals surface area contributed by atoms with Crippen LogP contribution in [0, 0.1) is 0 Å². The molecule has 4 rings (SSSR count). The molecule has 2 heterocycles. The molecular weight excluding hydrogens is 406 g/mol. The Morgan fingerprint density at radius 3 is 2.52 bits per heavy atom. The van der Waals surface area contributed by atoms with Crippen molar-refractivity contribution in [3.63, 3.8) is 0 Å². The molecule has 3 aromatic rings. The Labute approximate surface area is 188 Å². The molecule has 0 radical (unpaired) electrons. The van der Waals surface area contributed by atoms with E-state index in [4.69, 9.17) is 10.5 Å². The van der Waals surface area contributed by atoms with Gasteiger partial charge in [0.15, 0.2) is 0 Å². The maximum atomic E-state index is 5.66. The van der Waals surface area contributed by atoms with Gasteiger partial charge in [-0.05, 0) is 54.6 Å². The van der Waals surface area contributed by atoms with Gasteiger partial charge in [-0.15, -0.1) is 11.8 Å². The number of nitrogens with zero attached hydrogens (tertiary/aromatic N) is 3. The van der Waals surface area contributed by atoms with Crippen molar-refractivity contribution in [3.8, 4) is 11.3 Å². The first kappa shape index (κ1) is 21.8. The molecule has 162 valence electrons. The van der Waals surface area contributed by atoms with E-state index >= 15 is 0 Å². The largest absolute Gasteiger partial charge is 0.379 e. The van der Waals surface area contributed by atoms with Crippen molar-refractivity contribution in [1.29, 1.82) is 0 Å². The van der Waals surface area contributed by atoms with Gasteiger partial charge in [0, 0.05) is 42.0 Å². The minimum atomic E-state index is 0.536. The minimum absolute atomic E-state index is 0.536. The number of anilines is 2. The van der Waals surface area contributed by atoms with Crippen molar-refractivity contribution in [1.82, 2.24) is 14.9 Å². The Hall–Kier alpha value is -2.45. The Kier molecular flexibility index (Phi) is 7.90. The van der Waals surface area contributed by atoms with E-state index in [0.717, 1.165) is 61.1 Å². The summed E-state index contributed by atoms with van der Waals surface area (Å²) in [4.78, 5) is 12.8. The zero-order valence-electron chi connectivity index (χ0n) is 17.7. The van der Waals surface area contributed by atoms with Crippen LogP contribution in [-0.4, -0.2) is 53.5 Å². The summed E-state index contributed by atoms with van der Waals surface area (Å²) in [6, 6.07) is 18.5. The molecular formula is C24H29N5OS. The van der Waals surface area contributed by atoms with Gasteiger partial charge in [-0.1, -0.05) is 24.3 Å². The fraction of sp³-hybridized carbons (Fsp3) is 0.333. The Morgan fingerprint density at radius 2 is 1.77 bits per heavy atom. The van der Waals surface area contributed by atoms with E-state index in [9.17, 15) is 0 Å². The lowest BCUT2D eigenvalue weighted by molar-refractivity contribution is 0.0381. The second-order valence-corrected chi connectivity index (χ2v) is 8.64. The highest BCUT2D eigenvalue weighted by molar-refractivity contribution is 7.99. The van der Waals surface area contributed by atoms with Crippen molar-refractivity contribution >= 4 is 23.4 Å². The molecule has 1 aliphatic heterocycles. The van der Waals surface area contributed by atoms with Crippen molar-refractivity contribution in [3.05, 3.63) is 66.4 Å². The number of thioether (sulfide) groups is 1. The number of hydrogen-bond acceptors (Lipinski definition) is 7. The average molecular weight is 436 g/mol. The van der Waals surface area contributed by atoms with Gasteiger partial charge in [0.05, 0.1) is 18.9 Å². The van der Waals surface area contributed by atoms with Crippen molar-refractivity contribution in [2.45, 2.75) is 17.9 Å². The van der Waals surface area contributed by atoms with Crippen molar-refractivity contribution in [2.24, 2.45) is 5.73 Å². The van der Waals surface area contributed by atoms with Gasteiger partial charge in [-0.25, -0.2) is 9.97 Å². The number of morpholine rings is 1. The number of nitrogens with two attached hydrogens (primary N) is 1. The van der Waals surface area contributed by atoms with Crippen LogP contribution in [0.25, 0.3) is 11.3 Å². The predicted octanol–water partition coefficient (Wildman–Crippen LogP) is 4.16. The van der Waals surface area contributed by atoms with Crippen LogP contribution in [0.4, 0.5) is 11.6 Å². The topological polar surface area (TPSA) is 76.3 Å². The molecule has 0 saturated carbocycles. The van der Waals surface area contributed by atoms with Crippen molar-refractivity contribution < 1.29 is 4.74 Å². The molecule has 0 atom stereocenters. The first-order valence-electron chi connectivity index (χ1n) is 10.7. The van der Waals surface area contributed by atoms with Gasteiger partial charge in [0.25, 0.3) is 0 Å². The molecule has 3 N–H and O–H groups in total. The van der Waals surface area contributed by atoms with Crippen molar-refractivity contribution in [2.75, 3.05) is 43.9 Å². The number of hydrogen-bond donors (Lipinski definition) is 2. The second kappa shape index (κ2) is 11.2. The Bertz CT molecular complexity index is 943. The highest BCUT2D eigenvalue weighted by Gasteiger charge is 2.09. The second-order valence-electron chi connectivity index (χ2n) is 7.47. The third-order valence-corrected chi connectivity index (χ3v) is 6.34. The van der Waals surface area contributed by atoms with Crippen LogP contribution in [-0.2, 0) is 11.3 Å². The first-order valence-corrected chi connectivity index (χ1v) is 11.7. The van der Waals surface area contributed by atoms with E-state index in [0.29, 0.717) is 12.5 Å². The molecule has 1 aliphatic rings. The zero-order chi connectivity index (χ0) is 21.3. The maximum absolute atomic E-state index is 5.66. The van der Waals surface area contributed by atoms with E-state index < -0.39 is 0 Å². The van der Waals surface area contributed by atoms with Crippen LogP contribution in [0.15, 0.2) is 65.7 Å². The molecule has 7 heteroatoms. The molecule has 0 aliphatic carbocycles. The normalized spacial score (nSPS) is 14.5. The van der Waals surface area contributed by atoms with Crippen LogP contribution in [0.5, 0.6) is 0 Å². The fourth-order valence-electron chi connectivity index (χ4n) is 3.46. The van der Waals surface area contributed by atoms with Gasteiger partial charge in [0.1, 0.15) is 0 Å². The monoisotopic (exact) mass is 435 g/mol. The lowest BCUT2D eigenvalue weighted by Crippen LogP contribution is -2.36. The summed E-state index contributed by atoms with van der Waals surface area (Å²) >= 11 is 1.91. The molecule has 1 aromatic heterocycles. The first-order chi connectivity index (χ1) is 15.3. The summed E-state index contributed by atoms with van der Waals surface area (Å²) in [7, 11) is 0. The van der Waals surface area contributed by atoms with Crippen LogP contribution >= 0.6 is 11.8 Å². The molecule has 0 unspecified atom stereocenters. The molecule has 0 spiro atoms. The number of rotatable bonds is 9. The van der Waals surface area contributed by atoms with E-state index in [-0.39, 0.29) is 0 Å².